The second-order valence-corrected chi connectivity index (χ2v) is 11.0. The van der Waals surface area contributed by atoms with Gasteiger partial charge >= 0.3 is 0 Å². The van der Waals surface area contributed by atoms with E-state index in [9.17, 15) is 13.2 Å². The maximum absolute atomic E-state index is 12.7. The minimum Gasteiger partial charge on any atom is -0.339 e. The van der Waals surface area contributed by atoms with Crippen molar-refractivity contribution < 1.29 is 13.2 Å². The number of thioether (sulfide) groups is 1. The number of carbonyl (C=O) groups is 1. The number of nitrogens with zero attached hydrogens (tertiary/aromatic N) is 5. The largest absolute Gasteiger partial charge is 0.339 e. The van der Waals surface area contributed by atoms with Gasteiger partial charge in [-0.1, -0.05) is 65.9 Å². The predicted octanol–water partition coefficient (Wildman–Crippen LogP) is 2.56. The average Bonchev–Trinajstić information content (AvgIpc) is 3.18. The van der Waals surface area contributed by atoms with Gasteiger partial charge in [-0.05, 0) is 18.6 Å². The summed E-state index contributed by atoms with van der Waals surface area (Å²) in [5.74, 6) is 0.940. The van der Waals surface area contributed by atoms with Crippen molar-refractivity contribution in [3.05, 3.63) is 65.7 Å². The van der Waals surface area contributed by atoms with Gasteiger partial charge in [0.05, 0.1) is 11.5 Å². The third-order valence-corrected chi connectivity index (χ3v) is 8.47. The van der Waals surface area contributed by atoms with Crippen LogP contribution in [0.15, 0.2) is 59.8 Å². The molecule has 0 saturated carbocycles. The molecule has 0 aliphatic carbocycles. The first-order chi connectivity index (χ1) is 15.8. The lowest BCUT2D eigenvalue weighted by Crippen LogP contribution is -2.51. The molecule has 0 atom stereocenters. The van der Waals surface area contributed by atoms with E-state index in [1.54, 1.807) is 4.90 Å². The lowest BCUT2D eigenvalue weighted by Gasteiger charge is -2.34. The first-order valence-electron chi connectivity index (χ1n) is 10.7. The molecular weight excluding hydrogens is 458 g/mol. The van der Waals surface area contributed by atoms with Crippen LogP contribution in [0.25, 0.3) is 11.4 Å². The third-order valence-electron chi connectivity index (χ3n) is 5.61. The molecule has 0 bridgehead atoms. The molecule has 1 aliphatic rings. The molecule has 0 radical (unpaired) electrons. The summed E-state index contributed by atoms with van der Waals surface area (Å²) in [6, 6.07) is 17.2. The fourth-order valence-electron chi connectivity index (χ4n) is 3.79. The molecule has 4 rings (SSSR count). The number of hydrogen-bond acceptors (Lipinski definition) is 6. The summed E-state index contributed by atoms with van der Waals surface area (Å²) in [6.45, 7) is 3.43. The molecule has 1 fully saturated rings. The number of piperazine rings is 1. The Hall–Kier alpha value is -2.69. The molecule has 2 aromatic carbocycles. The number of hydrogen-bond donors (Lipinski definition) is 0. The van der Waals surface area contributed by atoms with Gasteiger partial charge in [-0.15, -0.1) is 10.2 Å². The number of aryl methyl sites for hydroxylation is 1. The fraction of sp³-hybridized carbons (Fsp3) is 0.348. The molecule has 0 N–H and O–H groups in total. The maximum Gasteiger partial charge on any atom is 0.233 e. The van der Waals surface area contributed by atoms with Gasteiger partial charge in [0.1, 0.15) is 0 Å². The van der Waals surface area contributed by atoms with E-state index in [-0.39, 0.29) is 17.4 Å². The summed E-state index contributed by atoms with van der Waals surface area (Å²) < 4.78 is 28.8. The molecule has 1 saturated heterocycles. The average molecular weight is 486 g/mol. The van der Waals surface area contributed by atoms with Gasteiger partial charge in [-0.2, -0.15) is 4.31 Å². The highest BCUT2D eigenvalue weighted by molar-refractivity contribution is 7.99. The molecule has 1 aliphatic heterocycles. The number of carbonyl (C=O) groups excluding carboxylic acids is 1. The highest BCUT2D eigenvalue weighted by Gasteiger charge is 2.29. The van der Waals surface area contributed by atoms with Crippen LogP contribution in [0.4, 0.5) is 0 Å². The molecule has 1 aromatic heterocycles. The van der Waals surface area contributed by atoms with Crippen LogP contribution in [0.3, 0.4) is 0 Å². The first kappa shape index (κ1) is 23.5. The number of rotatable bonds is 7. The van der Waals surface area contributed by atoms with E-state index in [0.29, 0.717) is 31.3 Å². The van der Waals surface area contributed by atoms with Gasteiger partial charge in [-0.3, -0.25) is 4.79 Å². The topological polar surface area (TPSA) is 88.4 Å². The van der Waals surface area contributed by atoms with Crippen LogP contribution in [0, 0.1) is 6.92 Å². The van der Waals surface area contributed by atoms with Crippen LogP contribution in [0.1, 0.15) is 11.1 Å². The Morgan fingerprint density at radius 3 is 2.42 bits per heavy atom. The van der Waals surface area contributed by atoms with Crippen LogP contribution < -0.4 is 0 Å². The lowest BCUT2D eigenvalue weighted by molar-refractivity contribution is -0.129. The van der Waals surface area contributed by atoms with Crippen molar-refractivity contribution in [3.8, 4) is 11.4 Å². The van der Waals surface area contributed by atoms with Gasteiger partial charge < -0.3 is 9.47 Å². The van der Waals surface area contributed by atoms with Gasteiger partial charge in [0.25, 0.3) is 0 Å². The molecule has 33 heavy (non-hydrogen) atoms. The first-order valence-corrected chi connectivity index (χ1v) is 13.3. The van der Waals surface area contributed by atoms with Crippen LogP contribution >= 0.6 is 11.8 Å². The fourth-order valence-corrected chi connectivity index (χ4v) is 6.12. The molecule has 1 amide bonds. The molecule has 3 aromatic rings. The van der Waals surface area contributed by atoms with Gasteiger partial charge in [0, 0.05) is 38.8 Å². The molecule has 2 heterocycles. The summed E-state index contributed by atoms with van der Waals surface area (Å²) in [7, 11) is -1.51. The standard InChI is InChI=1S/C23H27N5O3S2/c1-18-7-6-10-20(15-18)22-24-25-23(26(22)2)32-16-21(29)27-11-13-28(14-12-27)33(30,31)17-19-8-4-3-5-9-19/h3-10,15H,11-14,16-17H2,1-2H3. The summed E-state index contributed by atoms with van der Waals surface area (Å²) in [5, 5.41) is 9.19. The SMILES string of the molecule is Cc1cccc(-c2nnc(SCC(=O)N3CCN(S(=O)(=O)Cc4ccccc4)CC3)n2C)c1. The Labute approximate surface area is 198 Å². The normalized spacial score (nSPS) is 15.0. The summed E-state index contributed by atoms with van der Waals surface area (Å²) in [4.78, 5) is 14.5. The van der Waals surface area contributed by atoms with Crippen LogP contribution in [-0.4, -0.2) is 70.2 Å². The monoisotopic (exact) mass is 485 g/mol. The number of amides is 1. The van der Waals surface area contributed by atoms with Gasteiger partial charge in [-0.25, -0.2) is 8.42 Å². The van der Waals surface area contributed by atoms with E-state index in [0.717, 1.165) is 22.5 Å². The lowest BCUT2D eigenvalue weighted by atomic mass is 10.1. The quantitative estimate of drug-likeness (QED) is 0.478. The minimum absolute atomic E-state index is 0.0208. The van der Waals surface area contributed by atoms with Gasteiger partial charge in [0.2, 0.25) is 15.9 Å². The Balaban J connectivity index is 1.30. The smallest absolute Gasteiger partial charge is 0.233 e. The van der Waals surface area contributed by atoms with Crippen molar-refractivity contribution in [2.75, 3.05) is 31.9 Å². The Morgan fingerprint density at radius 2 is 1.73 bits per heavy atom. The van der Waals surface area contributed by atoms with Crippen LogP contribution in [-0.2, 0) is 27.6 Å². The van der Waals surface area contributed by atoms with E-state index in [4.69, 9.17) is 0 Å². The van der Waals surface area contributed by atoms with Gasteiger partial charge in [0.15, 0.2) is 11.0 Å². The zero-order valence-corrected chi connectivity index (χ0v) is 20.3. The summed E-state index contributed by atoms with van der Waals surface area (Å²) in [5.41, 5.74) is 2.89. The second-order valence-electron chi connectivity index (χ2n) is 8.05. The molecule has 0 unspecified atom stereocenters. The van der Waals surface area contributed by atoms with Crippen molar-refractivity contribution in [1.82, 2.24) is 24.0 Å². The molecule has 10 heteroatoms. The molecule has 0 spiro atoms. The molecule has 8 nitrogen and oxygen atoms in total. The van der Waals surface area contributed by atoms with Crippen LogP contribution in [0.2, 0.25) is 0 Å². The number of sulfonamides is 1. The van der Waals surface area contributed by atoms with E-state index in [2.05, 4.69) is 16.3 Å². The zero-order valence-electron chi connectivity index (χ0n) is 18.7. The predicted molar refractivity (Wildman–Crippen MR) is 129 cm³/mol. The molecule has 174 valence electrons. The number of benzene rings is 2. The number of aromatic nitrogens is 3. The maximum atomic E-state index is 12.7. The van der Waals surface area contributed by atoms with Crippen molar-refractivity contribution in [3.63, 3.8) is 0 Å². The zero-order chi connectivity index (χ0) is 23.4. The highest BCUT2D eigenvalue weighted by atomic mass is 32.2. The van der Waals surface area contributed by atoms with E-state index < -0.39 is 10.0 Å². The Morgan fingerprint density at radius 1 is 1.00 bits per heavy atom. The van der Waals surface area contributed by atoms with E-state index in [1.165, 1.54) is 16.1 Å². The summed E-state index contributed by atoms with van der Waals surface area (Å²) in [6.07, 6.45) is 0. The summed E-state index contributed by atoms with van der Waals surface area (Å²) >= 11 is 1.34. The Bertz CT molecular complexity index is 1220. The third kappa shape index (κ3) is 5.63. The minimum atomic E-state index is -3.40. The van der Waals surface area contributed by atoms with Crippen molar-refractivity contribution in [2.45, 2.75) is 17.8 Å². The van der Waals surface area contributed by atoms with Crippen LogP contribution in [0.5, 0.6) is 0 Å². The van der Waals surface area contributed by atoms with Crippen molar-refractivity contribution in [1.29, 1.82) is 0 Å². The highest BCUT2D eigenvalue weighted by Crippen LogP contribution is 2.24. The van der Waals surface area contributed by atoms with Crippen molar-refractivity contribution >= 4 is 27.7 Å². The van der Waals surface area contributed by atoms with Crippen molar-refractivity contribution in [2.24, 2.45) is 7.05 Å². The van der Waals surface area contributed by atoms with E-state index >= 15 is 0 Å². The molecular formula is C23H27N5O3S2. The van der Waals surface area contributed by atoms with E-state index in [1.807, 2.05) is 67.1 Å². The Kier molecular flexibility index (Phi) is 7.16. The second kappa shape index (κ2) is 10.1.